The Morgan fingerprint density at radius 1 is 1.27 bits per heavy atom. The Bertz CT molecular complexity index is 284. The summed E-state index contributed by atoms with van der Waals surface area (Å²) < 4.78 is 0. The number of amides is 1. The zero-order chi connectivity index (χ0) is 11.4. The van der Waals surface area contributed by atoms with Crippen molar-refractivity contribution in [1.29, 1.82) is 0 Å². The van der Waals surface area contributed by atoms with Crippen molar-refractivity contribution >= 4 is 11.9 Å². The largest absolute Gasteiger partial charge is 0.481 e. The van der Waals surface area contributed by atoms with E-state index in [0.717, 1.165) is 0 Å². The summed E-state index contributed by atoms with van der Waals surface area (Å²) in [6, 6.07) is 0.0536. The van der Waals surface area contributed by atoms with E-state index in [-0.39, 0.29) is 11.9 Å². The molecule has 2 atom stereocenters. The number of carboxylic acid groups (broad SMARTS) is 1. The second-order valence-electron chi connectivity index (χ2n) is 4.16. The number of hydrogen-bond acceptors (Lipinski definition) is 2. The minimum absolute atomic E-state index is 0.0536. The molecule has 0 heterocycles. The minimum Gasteiger partial charge on any atom is -0.481 e. The van der Waals surface area contributed by atoms with Crippen molar-refractivity contribution in [3.63, 3.8) is 0 Å². The molecule has 0 radical (unpaired) electrons. The fraction of sp³-hybridized carbons (Fsp3) is 0.636. The molecule has 0 bridgehead atoms. The fourth-order valence-electron chi connectivity index (χ4n) is 1.77. The summed E-state index contributed by atoms with van der Waals surface area (Å²) in [5.74, 6) is -2.03. The number of allylic oxidation sites excluding steroid dienone is 2. The highest BCUT2D eigenvalue weighted by molar-refractivity contribution is 5.85. The van der Waals surface area contributed by atoms with Gasteiger partial charge in [0, 0.05) is 6.04 Å². The first-order valence-electron chi connectivity index (χ1n) is 5.20. The molecule has 15 heavy (non-hydrogen) atoms. The third kappa shape index (κ3) is 3.08. The molecule has 0 fully saturated rings. The normalized spacial score (nSPS) is 25.3. The van der Waals surface area contributed by atoms with Crippen molar-refractivity contribution in [3.8, 4) is 0 Å². The van der Waals surface area contributed by atoms with Gasteiger partial charge in [-0.05, 0) is 26.7 Å². The number of nitrogens with one attached hydrogen (secondary N) is 1. The molecule has 0 aromatic rings. The van der Waals surface area contributed by atoms with Crippen molar-refractivity contribution in [3.05, 3.63) is 12.2 Å². The van der Waals surface area contributed by atoms with Crippen LogP contribution in [-0.2, 0) is 9.59 Å². The monoisotopic (exact) mass is 211 g/mol. The van der Waals surface area contributed by atoms with E-state index in [1.165, 1.54) is 0 Å². The maximum Gasteiger partial charge on any atom is 0.307 e. The Morgan fingerprint density at radius 3 is 2.27 bits per heavy atom. The van der Waals surface area contributed by atoms with Gasteiger partial charge in [0.1, 0.15) is 0 Å². The lowest BCUT2D eigenvalue weighted by molar-refractivity contribution is -0.147. The number of carbonyl (C=O) groups is 2. The summed E-state index contributed by atoms with van der Waals surface area (Å²) in [4.78, 5) is 22.7. The average molecular weight is 211 g/mol. The zero-order valence-electron chi connectivity index (χ0n) is 9.06. The molecule has 0 unspecified atom stereocenters. The third-order valence-corrected chi connectivity index (χ3v) is 2.52. The third-order valence-electron chi connectivity index (χ3n) is 2.52. The number of carboxylic acids is 1. The van der Waals surface area contributed by atoms with Crippen molar-refractivity contribution < 1.29 is 14.7 Å². The van der Waals surface area contributed by atoms with Crippen LogP contribution in [0, 0.1) is 11.8 Å². The van der Waals surface area contributed by atoms with Gasteiger partial charge in [0.25, 0.3) is 0 Å². The Morgan fingerprint density at radius 2 is 1.80 bits per heavy atom. The van der Waals surface area contributed by atoms with Crippen LogP contribution in [0.5, 0.6) is 0 Å². The van der Waals surface area contributed by atoms with E-state index in [1.807, 2.05) is 26.0 Å². The summed E-state index contributed by atoms with van der Waals surface area (Å²) >= 11 is 0. The van der Waals surface area contributed by atoms with E-state index < -0.39 is 17.8 Å². The van der Waals surface area contributed by atoms with Crippen LogP contribution >= 0.6 is 0 Å². The number of carbonyl (C=O) groups excluding carboxylic acids is 1. The smallest absolute Gasteiger partial charge is 0.307 e. The molecule has 0 saturated carbocycles. The average Bonchev–Trinajstić information content (AvgIpc) is 2.16. The molecule has 2 N–H and O–H groups in total. The Kier molecular flexibility index (Phi) is 3.88. The number of aliphatic carboxylic acids is 1. The lowest BCUT2D eigenvalue weighted by Crippen LogP contribution is -2.41. The summed E-state index contributed by atoms with van der Waals surface area (Å²) in [5, 5.41) is 11.7. The molecule has 1 rings (SSSR count). The second-order valence-corrected chi connectivity index (χ2v) is 4.16. The molecule has 0 aromatic carbocycles. The molecule has 0 saturated heterocycles. The van der Waals surface area contributed by atoms with Gasteiger partial charge in [-0.1, -0.05) is 12.2 Å². The predicted octanol–water partition coefficient (Wildman–Crippen LogP) is 1.18. The molecule has 4 nitrogen and oxygen atoms in total. The molecule has 1 amide bonds. The van der Waals surface area contributed by atoms with E-state index in [1.54, 1.807) is 0 Å². The Labute approximate surface area is 89.4 Å². The highest BCUT2D eigenvalue weighted by Gasteiger charge is 2.33. The standard InChI is InChI=1S/C11H17NO3/c1-7(2)12-10(13)8-5-3-4-6-9(8)11(14)15/h3-4,7-9H,5-6H2,1-2H3,(H,12,13)(H,14,15)/t8-,9-/m0/s1. The van der Waals surface area contributed by atoms with Gasteiger partial charge in [0.05, 0.1) is 11.8 Å². The second kappa shape index (κ2) is 4.96. The van der Waals surface area contributed by atoms with E-state index in [4.69, 9.17) is 5.11 Å². The predicted molar refractivity (Wildman–Crippen MR) is 56.3 cm³/mol. The fourth-order valence-corrected chi connectivity index (χ4v) is 1.77. The summed E-state index contributed by atoms with van der Waals surface area (Å²) in [5.41, 5.74) is 0. The highest BCUT2D eigenvalue weighted by Crippen LogP contribution is 2.26. The van der Waals surface area contributed by atoms with Crippen LogP contribution in [0.3, 0.4) is 0 Å². The molecule has 0 aliphatic heterocycles. The van der Waals surface area contributed by atoms with E-state index in [0.29, 0.717) is 12.8 Å². The number of hydrogen-bond donors (Lipinski definition) is 2. The van der Waals surface area contributed by atoms with E-state index >= 15 is 0 Å². The van der Waals surface area contributed by atoms with Crippen LogP contribution in [-0.4, -0.2) is 23.0 Å². The van der Waals surface area contributed by atoms with Crippen molar-refractivity contribution in [2.45, 2.75) is 32.7 Å². The Balaban J connectivity index is 2.69. The van der Waals surface area contributed by atoms with Crippen LogP contribution < -0.4 is 5.32 Å². The summed E-state index contributed by atoms with van der Waals surface area (Å²) in [6.07, 6.45) is 4.68. The molecule has 84 valence electrons. The van der Waals surface area contributed by atoms with Gasteiger partial charge >= 0.3 is 5.97 Å². The molecule has 0 aromatic heterocycles. The molecule has 1 aliphatic rings. The van der Waals surface area contributed by atoms with Gasteiger partial charge in [-0.15, -0.1) is 0 Å². The van der Waals surface area contributed by atoms with Crippen molar-refractivity contribution in [2.24, 2.45) is 11.8 Å². The van der Waals surface area contributed by atoms with Crippen LogP contribution in [0.1, 0.15) is 26.7 Å². The molecular weight excluding hydrogens is 194 g/mol. The van der Waals surface area contributed by atoms with Gasteiger partial charge in [0.2, 0.25) is 5.91 Å². The molecular formula is C11H17NO3. The van der Waals surface area contributed by atoms with Crippen LogP contribution in [0.15, 0.2) is 12.2 Å². The quantitative estimate of drug-likeness (QED) is 0.689. The van der Waals surface area contributed by atoms with Crippen molar-refractivity contribution in [1.82, 2.24) is 5.32 Å². The first kappa shape index (κ1) is 11.8. The lowest BCUT2D eigenvalue weighted by atomic mass is 9.82. The van der Waals surface area contributed by atoms with Gasteiger partial charge in [-0.25, -0.2) is 0 Å². The molecule has 0 spiro atoms. The van der Waals surface area contributed by atoms with Crippen molar-refractivity contribution in [2.75, 3.05) is 0 Å². The van der Waals surface area contributed by atoms with Gasteiger partial charge in [0.15, 0.2) is 0 Å². The first-order chi connectivity index (χ1) is 7.02. The summed E-state index contributed by atoms with van der Waals surface area (Å²) in [7, 11) is 0. The van der Waals surface area contributed by atoms with Crippen LogP contribution in [0.4, 0.5) is 0 Å². The summed E-state index contributed by atoms with van der Waals surface area (Å²) in [6.45, 7) is 3.73. The topological polar surface area (TPSA) is 66.4 Å². The SMILES string of the molecule is CC(C)NC(=O)[C@H]1CC=CC[C@@H]1C(=O)O. The number of rotatable bonds is 3. The molecule has 1 aliphatic carbocycles. The van der Waals surface area contributed by atoms with Gasteiger partial charge in [-0.3, -0.25) is 9.59 Å². The minimum atomic E-state index is -0.886. The van der Waals surface area contributed by atoms with Crippen LogP contribution in [0.25, 0.3) is 0 Å². The molecule has 4 heteroatoms. The maximum absolute atomic E-state index is 11.7. The van der Waals surface area contributed by atoms with Gasteiger partial charge in [-0.2, -0.15) is 0 Å². The van der Waals surface area contributed by atoms with Crippen LogP contribution in [0.2, 0.25) is 0 Å². The van der Waals surface area contributed by atoms with E-state index in [2.05, 4.69) is 5.32 Å². The maximum atomic E-state index is 11.7. The highest BCUT2D eigenvalue weighted by atomic mass is 16.4. The lowest BCUT2D eigenvalue weighted by Gasteiger charge is -2.25. The van der Waals surface area contributed by atoms with Gasteiger partial charge < -0.3 is 10.4 Å². The Hall–Kier alpha value is -1.32. The first-order valence-corrected chi connectivity index (χ1v) is 5.20. The zero-order valence-corrected chi connectivity index (χ0v) is 9.06. The van der Waals surface area contributed by atoms with E-state index in [9.17, 15) is 9.59 Å².